The third kappa shape index (κ3) is 6.11. The van der Waals surface area contributed by atoms with Crippen molar-refractivity contribution >= 4 is 23.6 Å². The Hall–Kier alpha value is -2.20. The highest BCUT2D eigenvalue weighted by atomic mass is 16.5. The number of hydrogen-bond donors (Lipinski definition) is 6. The second kappa shape index (κ2) is 8.82. The molecule has 0 radical (unpaired) electrons. The average Bonchev–Trinajstić information content (AvgIpc) is 2.47. The van der Waals surface area contributed by atoms with Crippen molar-refractivity contribution in [2.45, 2.75) is 12.2 Å². The Bertz CT molecular complexity index is 350. The van der Waals surface area contributed by atoms with E-state index in [1.807, 2.05) is 0 Å². The summed E-state index contributed by atoms with van der Waals surface area (Å²) in [4.78, 5) is 22.8. The number of carbonyl (C=O) groups is 2. The lowest BCUT2D eigenvalue weighted by atomic mass is 10.2. The Morgan fingerprint density at radius 2 is 1.25 bits per heavy atom. The SMILES string of the molecule is COC(=N)CNC(=O)[C@H](O)[C@@H](O)C(=O)NCC(=N)OC. The molecule has 0 aliphatic rings. The predicted molar refractivity (Wildman–Crippen MR) is 67.5 cm³/mol. The van der Waals surface area contributed by atoms with Gasteiger partial charge in [0.05, 0.1) is 27.3 Å². The molecule has 2 atom stereocenters. The zero-order valence-corrected chi connectivity index (χ0v) is 11.1. The topological polar surface area (TPSA) is 165 Å². The van der Waals surface area contributed by atoms with Gasteiger partial charge in [-0.05, 0) is 0 Å². The van der Waals surface area contributed by atoms with Crippen LogP contribution < -0.4 is 10.6 Å². The lowest BCUT2D eigenvalue weighted by Crippen LogP contribution is -2.51. The van der Waals surface area contributed by atoms with Crippen LogP contribution in [0.3, 0.4) is 0 Å². The number of hydrogen-bond acceptors (Lipinski definition) is 8. The van der Waals surface area contributed by atoms with Crippen LogP contribution in [0.4, 0.5) is 0 Å². The first-order valence-corrected chi connectivity index (χ1v) is 5.47. The lowest BCUT2D eigenvalue weighted by Gasteiger charge is -2.17. The normalized spacial score (nSPS) is 12.8. The van der Waals surface area contributed by atoms with E-state index in [-0.39, 0.29) is 24.9 Å². The fraction of sp³-hybridized carbons (Fsp3) is 0.600. The van der Waals surface area contributed by atoms with Gasteiger partial charge in [0.1, 0.15) is 0 Å². The van der Waals surface area contributed by atoms with Crippen LogP contribution in [-0.4, -0.2) is 73.3 Å². The summed E-state index contributed by atoms with van der Waals surface area (Å²) >= 11 is 0. The van der Waals surface area contributed by atoms with Gasteiger partial charge in [-0.1, -0.05) is 0 Å². The van der Waals surface area contributed by atoms with Crippen LogP contribution in [0.15, 0.2) is 0 Å². The van der Waals surface area contributed by atoms with Gasteiger partial charge >= 0.3 is 0 Å². The molecule has 0 aromatic heterocycles. The second-order valence-corrected chi connectivity index (χ2v) is 3.58. The van der Waals surface area contributed by atoms with Gasteiger partial charge in [-0.15, -0.1) is 0 Å². The van der Waals surface area contributed by atoms with Gasteiger partial charge in [0.15, 0.2) is 24.0 Å². The van der Waals surface area contributed by atoms with Crippen LogP contribution >= 0.6 is 0 Å². The Balaban J connectivity index is 4.27. The number of aliphatic hydroxyl groups is 2. The van der Waals surface area contributed by atoms with Gasteiger partial charge in [0.2, 0.25) is 0 Å². The van der Waals surface area contributed by atoms with Crippen molar-refractivity contribution < 1.29 is 29.3 Å². The van der Waals surface area contributed by atoms with E-state index in [1.54, 1.807) is 0 Å². The quantitative estimate of drug-likeness (QED) is 0.219. The first-order chi connectivity index (χ1) is 9.33. The molecule has 0 aliphatic carbocycles. The minimum Gasteiger partial charge on any atom is -0.483 e. The van der Waals surface area contributed by atoms with Gasteiger partial charge in [0.25, 0.3) is 11.8 Å². The van der Waals surface area contributed by atoms with Gasteiger partial charge < -0.3 is 30.3 Å². The molecule has 0 fully saturated rings. The summed E-state index contributed by atoms with van der Waals surface area (Å²) in [6.07, 6.45) is -4.01. The van der Waals surface area contributed by atoms with Crippen molar-refractivity contribution in [2.75, 3.05) is 27.3 Å². The maximum absolute atomic E-state index is 11.4. The maximum Gasteiger partial charge on any atom is 0.252 e. The molecule has 2 amide bonds. The van der Waals surface area contributed by atoms with Crippen LogP contribution in [-0.2, 0) is 19.1 Å². The molecule has 6 N–H and O–H groups in total. The van der Waals surface area contributed by atoms with Gasteiger partial charge in [0, 0.05) is 0 Å². The van der Waals surface area contributed by atoms with Crippen molar-refractivity contribution in [2.24, 2.45) is 0 Å². The number of nitrogens with one attached hydrogen (secondary N) is 4. The Morgan fingerprint density at radius 1 is 0.950 bits per heavy atom. The van der Waals surface area contributed by atoms with Crippen molar-refractivity contribution in [1.82, 2.24) is 10.6 Å². The van der Waals surface area contributed by atoms with E-state index in [9.17, 15) is 19.8 Å². The molecule has 0 spiro atoms. The van der Waals surface area contributed by atoms with Crippen molar-refractivity contribution in [3.8, 4) is 0 Å². The number of rotatable bonds is 7. The standard InChI is InChI=1S/C10H18N4O6/c1-19-5(11)3-13-9(17)7(15)8(16)10(18)14-4-6(12)20-2/h7-8,11-12,15-16H,3-4H2,1-2H3,(H,13,17)(H,14,18)/t7-,8-/m1/s1. The van der Waals surface area contributed by atoms with Gasteiger partial charge in [-0.25, -0.2) is 0 Å². The highest BCUT2D eigenvalue weighted by Gasteiger charge is 2.30. The van der Waals surface area contributed by atoms with Crippen molar-refractivity contribution in [3.63, 3.8) is 0 Å². The maximum atomic E-state index is 11.4. The molecule has 0 saturated heterocycles. The van der Waals surface area contributed by atoms with E-state index in [2.05, 4.69) is 20.1 Å². The Morgan fingerprint density at radius 3 is 1.50 bits per heavy atom. The molecular formula is C10H18N4O6. The molecule has 10 nitrogen and oxygen atoms in total. The van der Waals surface area contributed by atoms with E-state index in [4.69, 9.17) is 10.8 Å². The number of ether oxygens (including phenoxy) is 2. The number of amides is 2. The van der Waals surface area contributed by atoms with Crippen LogP contribution in [0.2, 0.25) is 0 Å². The largest absolute Gasteiger partial charge is 0.483 e. The van der Waals surface area contributed by atoms with Crippen LogP contribution in [0.1, 0.15) is 0 Å². The van der Waals surface area contributed by atoms with E-state index in [0.29, 0.717) is 0 Å². The Labute approximate surface area is 115 Å². The molecule has 114 valence electrons. The van der Waals surface area contributed by atoms with E-state index in [0.717, 1.165) is 0 Å². The summed E-state index contributed by atoms with van der Waals surface area (Å²) in [6.45, 7) is -0.565. The molecule has 10 heteroatoms. The first-order valence-electron chi connectivity index (χ1n) is 5.47. The van der Waals surface area contributed by atoms with E-state index < -0.39 is 24.0 Å². The number of aliphatic hydroxyl groups excluding tert-OH is 2. The number of carbonyl (C=O) groups excluding carboxylic acids is 2. The van der Waals surface area contributed by atoms with Crippen LogP contribution in [0, 0.1) is 10.8 Å². The second-order valence-electron chi connectivity index (χ2n) is 3.58. The molecular weight excluding hydrogens is 272 g/mol. The Kier molecular flexibility index (Phi) is 7.85. The van der Waals surface area contributed by atoms with Crippen LogP contribution in [0.25, 0.3) is 0 Å². The fourth-order valence-electron chi connectivity index (χ4n) is 0.975. The van der Waals surface area contributed by atoms with Crippen LogP contribution in [0.5, 0.6) is 0 Å². The summed E-state index contributed by atoms with van der Waals surface area (Å²) in [5.41, 5.74) is 0. The molecule has 0 saturated carbocycles. The highest BCUT2D eigenvalue weighted by Crippen LogP contribution is 1.94. The molecule has 0 unspecified atom stereocenters. The summed E-state index contributed by atoms with van der Waals surface area (Å²) in [5.74, 6) is -2.57. The fourth-order valence-corrected chi connectivity index (χ4v) is 0.975. The number of methoxy groups -OCH3 is 2. The zero-order valence-electron chi connectivity index (χ0n) is 11.1. The first kappa shape index (κ1) is 17.8. The lowest BCUT2D eigenvalue weighted by molar-refractivity contribution is -0.145. The molecule has 20 heavy (non-hydrogen) atoms. The smallest absolute Gasteiger partial charge is 0.252 e. The molecule has 0 aromatic carbocycles. The molecule has 0 aromatic rings. The summed E-state index contributed by atoms with van der Waals surface area (Å²) < 4.78 is 8.95. The molecule has 0 aliphatic heterocycles. The minimum atomic E-state index is -2.00. The monoisotopic (exact) mass is 290 g/mol. The highest BCUT2D eigenvalue weighted by molar-refractivity contribution is 5.93. The minimum absolute atomic E-state index is 0.252. The van der Waals surface area contributed by atoms with Gasteiger partial charge in [-0.2, -0.15) is 0 Å². The van der Waals surface area contributed by atoms with Gasteiger partial charge in [-0.3, -0.25) is 20.4 Å². The third-order valence-corrected chi connectivity index (χ3v) is 2.18. The van der Waals surface area contributed by atoms with Crippen molar-refractivity contribution in [1.29, 1.82) is 10.8 Å². The molecule has 0 bridgehead atoms. The van der Waals surface area contributed by atoms with E-state index >= 15 is 0 Å². The summed E-state index contributed by atoms with van der Waals surface area (Å²) in [7, 11) is 2.47. The van der Waals surface area contributed by atoms with E-state index in [1.165, 1.54) is 14.2 Å². The predicted octanol–water partition coefficient (Wildman–Crippen LogP) is -2.81. The zero-order chi connectivity index (χ0) is 15.7. The summed E-state index contributed by atoms with van der Waals surface area (Å²) in [6, 6.07) is 0. The molecule has 0 heterocycles. The average molecular weight is 290 g/mol. The summed E-state index contributed by atoms with van der Waals surface area (Å²) in [5, 5.41) is 37.3. The van der Waals surface area contributed by atoms with Crippen molar-refractivity contribution in [3.05, 3.63) is 0 Å². The third-order valence-electron chi connectivity index (χ3n) is 2.18. The molecule has 0 rings (SSSR count).